The maximum absolute atomic E-state index is 13.6. The Morgan fingerprint density at radius 3 is 3.03 bits per heavy atom. The maximum Gasteiger partial charge on any atom is 0.246 e. The lowest BCUT2D eigenvalue weighted by Gasteiger charge is -2.31. The van der Waals surface area contributed by atoms with Gasteiger partial charge in [-0.15, -0.1) is 0 Å². The molecule has 12 heteroatoms. The summed E-state index contributed by atoms with van der Waals surface area (Å²) in [6, 6.07) is 3.36. The standard InChI is InChI=1S/C17H22FN5O4S2/c1-27-14-5-4-13(18)9-15(14)29(25,26)23-7-2-3-12(10-23)16(24)19-6-8-28-17-20-11-21-22-17/h4-5,9,11-12H,2-3,6-8,10H2,1H3,(H,19,24)(H,20,21,22)/t12-/m0/s1. The number of hydrogen-bond acceptors (Lipinski definition) is 7. The van der Waals surface area contributed by atoms with E-state index in [1.165, 1.54) is 35.6 Å². The molecule has 0 aliphatic carbocycles. The fraction of sp³-hybridized carbons (Fsp3) is 0.471. The molecule has 0 spiro atoms. The van der Waals surface area contributed by atoms with Crippen LogP contribution in [-0.2, 0) is 14.8 Å². The van der Waals surface area contributed by atoms with E-state index >= 15 is 0 Å². The Kier molecular flexibility index (Phi) is 7.09. The minimum absolute atomic E-state index is 0.0447. The molecule has 1 aromatic carbocycles. The number of carbonyl (C=O) groups excluding carboxylic acids is 1. The van der Waals surface area contributed by atoms with Crippen molar-refractivity contribution in [3.8, 4) is 5.75 Å². The number of halogens is 1. The molecule has 1 fully saturated rings. The second-order valence-corrected chi connectivity index (χ2v) is 9.42. The molecule has 158 valence electrons. The fourth-order valence-electron chi connectivity index (χ4n) is 3.10. The summed E-state index contributed by atoms with van der Waals surface area (Å²) < 4.78 is 46.0. The summed E-state index contributed by atoms with van der Waals surface area (Å²) in [5.41, 5.74) is 0. The predicted molar refractivity (Wildman–Crippen MR) is 105 cm³/mol. The molecule has 0 bridgehead atoms. The molecule has 0 unspecified atom stereocenters. The smallest absolute Gasteiger partial charge is 0.246 e. The van der Waals surface area contributed by atoms with E-state index in [1.54, 1.807) is 0 Å². The third-order valence-corrected chi connectivity index (χ3v) is 7.30. The lowest BCUT2D eigenvalue weighted by atomic mass is 9.99. The van der Waals surface area contributed by atoms with Crippen LogP contribution in [0.25, 0.3) is 0 Å². The Morgan fingerprint density at radius 1 is 1.48 bits per heavy atom. The average Bonchev–Trinajstić information content (AvgIpc) is 3.24. The number of methoxy groups -OCH3 is 1. The van der Waals surface area contributed by atoms with Gasteiger partial charge in [0, 0.05) is 25.4 Å². The fourth-order valence-corrected chi connectivity index (χ4v) is 5.42. The number of sulfonamides is 1. The zero-order valence-corrected chi connectivity index (χ0v) is 17.4. The quantitative estimate of drug-likeness (QED) is 0.466. The minimum Gasteiger partial charge on any atom is -0.495 e. The van der Waals surface area contributed by atoms with Gasteiger partial charge < -0.3 is 10.1 Å². The number of carbonyl (C=O) groups is 1. The van der Waals surface area contributed by atoms with Crippen LogP contribution in [0.2, 0.25) is 0 Å². The van der Waals surface area contributed by atoms with Crippen molar-refractivity contribution in [2.75, 3.05) is 32.5 Å². The molecule has 1 atom stereocenters. The Bertz CT molecular complexity index is 939. The first-order valence-corrected chi connectivity index (χ1v) is 11.4. The van der Waals surface area contributed by atoms with Crippen molar-refractivity contribution in [2.24, 2.45) is 5.92 Å². The first-order chi connectivity index (χ1) is 13.9. The monoisotopic (exact) mass is 443 g/mol. The third-order valence-electron chi connectivity index (χ3n) is 4.53. The van der Waals surface area contributed by atoms with E-state index in [2.05, 4.69) is 20.5 Å². The number of piperidine rings is 1. The number of aromatic amines is 1. The summed E-state index contributed by atoms with van der Waals surface area (Å²) in [4.78, 5) is 16.2. The first-order valence-electron chi connectivity index (χ1n) is 9.01. The van der Waals surface area contributed by atoms with Crippen LogP contribution in [0, 0.1) is 11.7 Å². The summed E-state index contributed by atoms with van der Waals surface area (Å²) in [5, 5.41) is 9.96. The lowest BCUT2D eigenvalue weighted by molar-refractivity contribution is -0.125. The van der Waals surface area contributed by atoms with Gasteiger partial charge in [-0.1, -0.05) is 11.8 Å². The van der Waals surface area contributed by atoms with E-state index in [0.717, 1.165) is 12.1 Å². The van der Waals surface area contributed by atoms with E-state index in [4.69, 9.17) is 4.74 Å². The summed E-state index contributed by atoms with van der Waals surface area (Å²) in [6.07, 6.45) is 2.54. The molecule has 2 heterocycles. The van der Waals surface area contributed by atoms with E-state index in [0.29, 0.717) is 30.3 Å². The van der Waals surface area contributed by atoms with Gasteiger partial charge in [-0.3, -0.25) is 9.89 Å². The molecule has 1 saturated heterocycles. The average molecular weight is 444 g/mol. The predicted octanol–water partition coefficient (Wildman–Crippen LogP) is 1.26. The van der Waals surface area contributed by atoms with E-state index in [9.17, 15) is 17.6 Å². The number of nitrogens with zero attached hydrogens (tertiary/aromatic N) is 3. The van der Waals surface area contributed by atoms with Crippen molar-refractivity contribution in [3.63, 3.8) is 0 Å². The van der Waals surface area contributed by atoms with Gasteiger partial charge in [-0.05, 0) is 31.0 Å². The minimum atomic E-state index is -3.98. The number of benzene rings is 1. The van der Waals surface area contributed by atoms with Crippen LogP contribution < -0.4 is 10.1 Å². The summed E-state index contributed by atoms with van der Waals surface area (Å²) in [6.45, 7) is 0.737. The van der Waals surface area contributed by atoms with Crippen molar-refractivity contribution >= 4 is 27.7 Å². The Morgan fingerprint density at radius 2 is 2.31 bits per heavy atom. The molecule has 1 aliphatic rings. The van der Waals surface area contributed by atoms with E-state index in [-0.39, 0.29) is 29.6 Å². The molecule has 3 rings (SSSR count). The van der Waals surface area contributed by atoms with Crippen molar-refractivity contribution in [1.82, 2.24) is 24.8 Å². The highest BCUT2D eigenvalue weighted by Crippen LogP contribution is 2.30. The van der Waals surface area contributed by atoms with Gasteiger partial charge in [0.2, 0.25) is 15.9 Å². The van der Waals surface area contributed by atoms with Crippen molar-refractivity contribution in [1.29, 1.82) is 0 Å². The highest BCUT2D eigenvalue weighted by molar-refractivity contribution is 7.99. The summed E-state index contributed by atoms with van der Waals surface area (Å²) >= 11 is 1.42. The van der Waals surface area contributed by atoms with Gasteiger partial charge in [-0.2, -0.15) is 9.40 Å². The van der Waals surface area contributed by atoms with Crippen LogP contribution in [0.3, 0.4) is 0 Å². The van der Waals surface area contributed by atoms with Gasteiger partial charge >= 0.3 is 0 Å². The Hall–Kier alpha value is -2.18. The SMILES string of the molecule is COc1ccc(F)cc1S(=O)(=O)N1CCC[C@H](C(=O)NCCSc2ncn[nH]2)C1. The highest BCUT2D eigenvalue weighted by Gasteiger charge is 2.35. The van der Waals surface area contributed by atoms with Gasteiger partial charge in [0.1, 0.15) is 22.8 Å². The summed E-state index contributed by atoms with van der Waals surface area (Å²) in [7, 11) is -2.65. The number of hydrogen-bond donors (Lipinski definition) is 2. The largest absolute Gasteiger partial charge is 0.495 e. The molecule has 0 saturated carbocycles. The molecule has 1 aliphatic heterocycles. The molecule has 2 N–H and O–H groups in total. The zero-order chi connectivity index (χ0) is 20.9. The topological polar surface area (TPSA) is 117 Å². The molecule has 2 aromatic rings. The van der Waals surface area contributed by atoms with Gasteiger partial charge in [0.15, 0.2) is 5.16 Å². The highest BCUT2D eigenvalue weighted by atomic mass is 32.2. The van der Waals surface area contributed by atoms with Crippen LogP contribution in [-0.4, -0.2) is 66.3 Å². The van der Waals surface area contributed by atoms with E-state index < -0.39 is 21.8 Å². The molecule has 0 radical (unpaired) electrons. The molecule has 9 nitrogen and oxygen atoms in total. The first kappa shape index (κ1) is 21.5. The number of nitrogens with one attached hydrogen (secondary N) is 2. The summed E-state index contributed by atoms with van der Waals surface area (Å²) in [5.74, 6) is -0.652. The Balaban J connectivity index is 1.60. The van der Waals surface area contributed by atoms with Crippen LogP contribution in [0.15, 0.2) is 34.6 Å². The van der Waals surface area contributed by atoms with Crippen LogP contribution in [0.5, 0.6) is 5.75 Å². The number of ether oxygens (including phenoxy) is 1. The zero-order valence-electron chi connectivity index (χ0n) is 15.8. The maximum atomic E-state index is 13.6. The number of aromatic nitrogens is 3. The second-order valence-electron chi connectivity index (χ2n) is 6.43. The van der Waals surface area contributed by atoms with E-state index in [1.807, 2.05) is 0 Å². The normalized spacial score (nSPS) is 17.8. The van der Waals surface area contributed by atoms with Gasteiger partial charge in [0.25, 0.3) is 0 Å². The van der Waals surface area contributed by atoms with Crippen LogP contribution in [0.1, 0.15) is 12.8 Å². The lowest BCUT2D eigenvalue weighted by Crippen LogP contribution is -2.45. The van der Waals surface area contributed by atoms with Crippen molar-refractivity contribution in [2.45, 2.75) is 22.9 Å². The van der Waals surface area contributed by atoms with Crippen LogP contribution >= 0.6 is 11.8 Å². The second kappa shape index (κ2) is 9.55. The Labute approximate surface area is 172 Å². The molecule has 29 heavy (non-hydrogen) atoms. The van der Waals surface area contributed by atoms with Crippen LogP contribution in [0.4, 0.5) is 4.39 Å². The van der Waals surface area contributed by atoms with Crippen molar-refractivity contribution < 1.29 is 22.3 Å². The van der Waals surface area contributed by atoms with Gasteiger partial charge in [-0.25, -0.2) is 17.8 Å². The molecular formula is C17H22FN5O4S2. The molecular weight excluding hydrogens is 421 g/mol. The van der Waals surface area contributed by atoms with Gasteiger partial charge in [0.05, 0.1) is 13.0 Å². The van der Waals surface area contributed by atoms with Crippen molar-refractivity contribution in [3.05, 3.63) is 30.3 Å². The third kappa shape index (κ3) is 5.25. The number of thioether (sulfide) groups is 1. The molecule has 1 amide bonds. The number of H-pyrrole nitrogens is 1. The molecule has 1 aromatic heterocycles. The number of rotatable bonds is 8. The number of amides is 1.